The normalized spacial score (nSPS) is 11.1. The number of benzene rings is 2. The van der Waals surface area contributed by atoms with E-state index in [4.69, 9.17) is 5.11 Å². The van der Waals surface area contributed by atoms with Gasteiger partial charge in [0.1, 0.15) is 11.3 Å². The first-order chi connectivity index (χ1) is 14.2. The second-order valence-electron chi connectivity index (χ2n) is 6.29. The molecule has 2 aromatic carbocycles. The number of aromatic nitrogens is 2. The molecule has 4 rings (SSSR count). The van der Waals surface area contributed by atoms with Crippen molar-refractivity contribution >= 4 is 43.5 Å². The maximum absolute atomic E-state index is 13.0. The van der Waals surface area contributed by atoms with Gasteiger partial charge in [0.25, 0.3) is 15.6 Å². The van der Waals surface area contributed by atoms with Gasteiger partial charge in [-0.3, -0.25) is 14.3 Å². The lowest BCUT2D eigenvalue weighted by atomic mass is 10.1. The van der Waals surface area contributed by atoms with Crippen molar-refractivity contribution in [3.05, 3.63) is 70.9 Å². The highest BCUT2D eigenvalue weighted by Gasteiger charge is 2.16. The Morgan fingerprint density at radius 2 is 1.77 bits per heavy atom. The third-order valence-electron chi connectivity index (χ3n) is 4.21. The van der Waals surface area contributed by atoms with E-state index in [0.29, 0.717) is 21.8 Å². The van der Waals surface area contributed by atoms with Crippen LogP contribution in [0.5, 0.6) is 0 Å². The fourth-order valence-corrected chi connectivity index (χ4v) is 3.81. The predicted molar refractivity (Wildman–Crippen MR) is 112 cm³/mol. The van der Waals surface area contributed by atoms with Crippen LogP contribution in [0.15, 0.2) is 64.4 Å². The third-order valence-corrected chi connectivity index (χ3v) is 5.59. The molecule has 0 bridgehead atoms. The fourth-order valence-electron chi connectivity index (χ4n) is 2.72. The van der Waals surface area contributed by atoms with Crippen molar-refractivity contribution in [2.75, 3.05) is 4.72 Å². The second-order valence-corrected chi connectivity index (χ2v) is 7.97. The number of aliphatic carboxylic acids is 1. The number of nitrogens with one attached hydrogen (secondary N) is 3. The Morgan fingerprint density at radius 1 is 1.10 bits per heavy atom. The van der Waals surface area contributed by atoms with Gasteiger partial charge >= 0.3 is 5.97 Å². The second kappa shape index (κ2) is 8.37. The zero-order valence-electron chi connectivity index (χ0n) is 15.8. The summed E-state index contributed by atoms with van der Waals surface area (Å²) in [4.78, 5) is 26.9. The van der Waals surface area contributed by atoms with Crippen LogP contribution < -0.4 is 10.3 Å². The number of anilines is 1. The van der Waals surface area contributed by atoms with Gasteiger partial charge in [-0.1, -0.05) is 6.92 Å². The van der Waals surface area contributed by atoms with Gasteiger partial charge in [0.2, 0.25) is 0 Å². The molecule has 0 amide bonds. The Hall–Kier alpha value is -3.66. The number of fused-ring (bicyclic) bond motifs is 3. The van der Waals surface area contributed by atoms with Crippen LogP contribution in [0.4, 0.5) is 10.1 Å². The minimum atomic E-state index is -3.85. The number of rotatable bonds is 4. The Kier molecular flexibility index (Phi) is 5.88. The van der Waals surface area contributed by atoms with Crippen LogP contribution >= 0.6 is 0 Å². The molecule has 2 aromatic heterocycles. The lowest BCUT2D eigenvalue weighted by Gasteiger charge is -2.09. The van der Waals surface area contributed by atoms with E-state index in [0.717, 1.165) is 0 Å². The Labute approximate surface area is 170 Å². The summed E-state index contributed by atoms with van der Waals surface area (Å²) in [6, 6.07) is 11.2. The minimum Gasteiger partial charge on any atom is -0.481 e. The fraction of sp³-hybridized carbons (Fsp3) is 0.100. The summed E-state index contributed by atoms with van der Waals surface area (Å²) in [7, 11) is -3.85. The van der Waals surface area contributed by atoms with Crippen LogP contribution in [0.2, 0.25) is 0 Å². The summed E-state index contributed by atoms with van der Waals surface area (Å²) >= 11 is 0. The lowest BCUT2D eigenvalue weighted by molar-refractivity contribution is -0.136. The zero-order chi connectivity index (χ0) is 21.9. The lowest BCUT2D eigenvalue weighted by Crippen LogP contribution is -2.13. The van der Waals surface area contributed by atoms with Gasteiger partial charge in [0.05, 0.1) is 4.90 Å². The molecule has 0 atom stereocenters. The number of halogens is 1. The number of pyridine rings is 1. The number of carboxylic acids is 1. The molecule has 0 saturated heterocycles. The van der Waals surface area contributed by atoms with Crippen molar-refractivity contribution in [2.45, 2.75) is 18.2 Å². The smallest absolute Gasteiger partial charge is 0.303 e. The highest BCUT2D eigenvalue weighted by molar-refractivity contribution is 7.92. The van der Waals surface area contributed by atoms with E-state index in [2.05, 4.69) is 14.7 Å². The van der Waals surface area contributed by atoms with E-state index in [1.807, 2.05) is 0 Å². The van der Waals surface area contributed by atoms with Crippen LogP contribution in [0.1, 0.15) is 13.3 Å². The molecular weight excluding hydrogens is 413 g/mol. The Bertz CT molecular complexity index is 1380. The molecule has 8 nitrogen and oxygen atoms in total. The largest absolute Gasteiger partial charge is 0.481 e. The molecule has 2 heterocycles. The van der Waals surface area contributed by atoms with Crippen molar-refractivity contribution < 1.29 is 22.7 Å². The first-order valence-corrected chi connectivity index (χ1v) is 10.3. The van der Waals surface area contributed by atoms with E-state index in [-0.39, 0.29) is 22.6 Å². The summed E-state index contributed by atoms with van der Waals surface area (Å²) in [6.45, 7) is 1.60. The molecule has 156 valence electrons. The number of aromatic amines is 2. The third kappa shape index (κ3) is 4.49. The van der Waals surface area contributed by atoms with Gasteiger partial charge < -0.3 is 15.1 Å². The number of carbonyl (C=O) groups is 1. The summed E-state index contributed by atoms with van der Waals surface area (Å²) in [6.07, 6.45) is 1.84. The number of sulfonamides is 1. The molecule has 0 spiro atoms. The first-order valence-electron chi connectivity index (χ1n) is 8.84. The minimum absolute atomic E-state index is 0.0406. The van der Waals surface area contributed by atoms with Crippen molar-refractivity contribution in [1.29, 1.82) is 0 Å². The number of hydrogen-bond acceptors (Lipinski definition) is 4. The average molecular weight is 431 g/mol. The highest BCUT2D eigenvalue weighted by atomic mass is 32.2. The molecule has 0 aliphatic carbocycles. The van der Waals surface area contributed by atoms with Crippen LogP contribution in [0, 0.1) is 5.82 Å². The number of hydrogen-bond donors (Lipinski definition) is 4. The molecule has 0 saturated carbocycles. The molecule has 30 heavy (non-hydrogen) atoms. The van der Waals surface area contributed by atoms with Crippen LogP contribution in [0.3, 0.4) is 0 Å². The van der Waals surface area contributed by atoms with Gasteiger partial charge in [0.15, 0.2) is 0 Å². The van der Waals surface area contributed by atoms with Gasteiger partial charge in [-0.15, -0.1) is 0 Å². The molecule has 0 aliphatic rings. The van der Waals surface area contributed by atoms with Crippen LogP contribution in [0.25, 0.3) is 21.8 Å². The van der Waals surface area contributed by atoms with Crippen molar-refractivity contribution in [3.63, 3.8) is 0 Å². The molecule has 0 unspecified atom stereocenters. The predicted octanol–water partition coefficient (Wildman–Crippen LogP) is 3.43. The Balaban J connectivity index is 0.000000461. The molecule has 0 fully saturated rings. The molecule has 10 heteroatoms. The SMILES string of the molecule is CCC(=O)O.O=c1[nH]c2ccc(S(=O)(=O)Nc3ccc(F)cc3)cc2c2cc[nH]c12. The van der Waals surface area contributed by atoms with Gasteiger partial charge in [0, 0.05) is 34.6 Å². The molecule has 0 aliphatic heterocycles. The zero-order valence-corrected chi connectivity index (χ0v) is 16.6. The number of H-pyrrole nitrogens is 2. The molecule has 4 aromatic rings. The van der Waals surface area contributed by atoms with Crippen molar-refractivity contribution in [2.24, 2.45) is 0 Å². The van der Waals surface area contributed by atoms with E-state index in [1.54, 1.807) is 25.3 Å². The van der Waals surface area contributed by atoms with Gasteiger partial charge in [-0.05, 0) is 48.5 Å². The topological polar surface area (TPSA) is 132 Å². The van der Waals surface area contributed by atoms with E-state index >= 15 is 0 Å². The van der Waals surface area contributed by atoms with E-state index < -0.39 is 21.8 Å². The Morgan fingerprint density at radius 3 is 2.40 bits per heavy atom. The first kappa shape index (κ1) is 21.1. The molecular formula is C20H18FN3O5S. The summed E-state index contributed by atoms with van der Waals surface area (Å²) < 4.78 is 40.5. The summed E-state index contributed by atoms with van der Waals surface area (Å²) in [5.74, 6) is -1.20. The summed E-state index contributed by atoms with van der Waals surface area (Å²) in [5.41, 5.74) is 0.911. The quantitative estimate of drug-likeness (QED) is 0.393. The van der Waals surface area contributed by atoms with E-state index in [9.17, 15) is 22.4 Å². The standard InChI is InChI=1S/C17H12FN3O3S.C3H6O2/c18-10-1-3-11(4-2-10)21-25(23,24)12-5-6-15-14(9-12)13-7-8-19-16(13)17(22)20-15;1-2-3(4)5/h1-9,19,21H,(H,20,22);2H2,1H3,(H,4,5). The molecule has 0 radical (unpaired) electrons. The summed E-state index contributed by atoms with van der Waals surface area (Å²) in [5, 5.41) is 8.97. The van der Waals surface area contributed by atoms with E-state index in [1.165, 1.54) is 36.4 Å². The van der Waals surface area contributed by atoms with Crippen LogP contribution in [-0.2, 0) is 14.8 Å². The molecule has 4 N–H and O–H groups in total. The van der Waals surface area contributed by atoms with Gasteiger partial charge in [-0.25, -0.2) is 12.8 Å². The maximum Gasteiger partial charge on any atom is 0.303 e. The average Bonchev–Trinajstić information content (AvgIpc) is 3.21. The number of carboxylic acid groups (broad SMARTS) is 1. The maximum atomic E-state index is 13.0. The van der Waals surface area contributed by atoms with Gasteiger partial charge in [-0.2, -0.15) is 0 Å². The monoisotopic (exact) mass is 431 g/mol. The highest BCUT2D eigenvalue weighted by Crippen LogP contribution is 2.25. The van der Waals surface area contributed by atoms with Crippen molar-refractivity contribution in [3.8, 4) is 0 Å². The van der Waals surface area contributed by atoms with Crippen molar-refractivity contribution in [1.82, 2.24) is 9.97 Å². The van der Waals surface area contributed by atoms with Crippen LogP contribution in [-0.4, -0.2) is 29.5 Å².